The maximum atomic E-state index is 11.9. The van der Waals surface area contributed by atoms with Crippen molar-refractivity contribution in [3.8, 4) is 0 Å². The van der Waals surface area contributed by atoms with Crippen LogP contribution < -0.4 is 5.32 Å². The van der Waals surface area contributed by atoms with E-state index in [4.69, 9.17) is 4.74 Å². The van der Waals surface area contributed by atoms with Crippen molar-refractivity contribution in [2.75, 3.05) is 0 Å². The van der Waals surface area contributed by atoms with Gasteiger partial charge >= 0.3 is 12.1 Å². The lowest BCUT2D eigenvalue weighted by atomic mass is 9.96. The third kappa shape index (κ3) is 5.45. The van der Waals surface area contributed by atoms with Crippen molar-refractivity contribution in [2.24, 2.45) is 5.92 Å². The molecule has 2 aromatic rings. The Kier molecular flexibility index (Phi) is 5.62. The van der Waals surface area contributed by atoms with Gasteiger partial charge in [-0.05, 0) is 45.2 Å². The highest BCUT2D eigenvalue weighted by atomic mass is 16.6. The van der Waals surface area contributed by atoms with Crippen molar-refractivity contribution < 1.29 is 19.4 Å². The summed E-state index contributed by atoms with van der Waals surface area (Å²) < 4.78 is 5.15. The minimum Gasteiger partial charge on any atom is -0.480 e. The summed E-state index contributed by atoms with van der Waals surface area (Å²) in [6, 6.07) is 10.5. The summed E-state index contributed by atoms with van der Waals surface area (Å²) in [6.45, 7) is 6.95. The Hall–Kier alpha value is -2.63. The van der Waals surface area contributed by atoms with Crippen LogP contribution in [-0.4, -0.2) is 33.8 Å². The van der Waals surface area contributed by atoms with Crippen molar-refractivity contribution in [1.82, 2.24) is 10.3 Å². The minimum atomic E-state index is -1.10. The molecule has 2 N–H and O–H groups in total. The molecule has 0 bridgehead atoms. The highest BCUT2D eigenvalue weighted by molar-refractivity contribution is 5.80. The molecule has 134 valence electrons. The molecule has 1 amide bonds. The van der Waals surface area contributed by atoms with Crippen LogP contribution in [0.3, 0.4) is 0 Å². The van der Waals surface area contributed by atoms with Crippen LogP contribution in [0.25, 0.3) is 10.9 Å². The van der Waals surface area contributed by atoms with Gasteiger partial charge in [0, 0.05) is 11.1 Å². The number of hydrogen-bond acceptors (Lipinski definition) is 4. The molecule has 0 spiro atoms. The average molecular weight is 344 g/mol. The number of hydrogen-bond donors (Lipinski definition) is 2. The molecule has 0 aliphatic rings. The number of carbonyl (C=O) groups excluding carboxylic acids is 1. The Morgan fingerprint density at radius 1 is 1.20 bits per heavy atom. The van der Waals surface area contributed by atoms with E-state index in [-0.39, 0.29) is 5.92 Å². The fourth-order valence-corrected chi connectivity index (χ4v) is 2.55. The van der Waals surface area contributed by atoms with Crippen molar-refractivity contribution >= 4 is 23.0 Å². The van der Waals surface area contributed by atoms with E-state index in [0.717, 1.165) is 16.6 Å². The molecule has 0 saturated carbocycles. The van der Waals surface area contributed by atoms with Gasteiger partial charge in [-0.15, -0.1) is 0 Å². The number of fused-ring (bicyclic) bond motifs is 1. The average Bonchev–Trinajstić information content (AvgIpc) is 2.50. The topological polar surface area (TPSA) is 88.5 Å². The quantitative estimate of drug-likeness (QED) is 0.868. The monoisotopic (exact) mass is 344 g/mol. The zero-order valence-corrected chi connectivity index (χ0v) is 14.9. The molecule has 0 aliphatic carbocycles. The number of aromatic nitrogens is 1. The largest absolute Gasteiger partial charge is 0.480 e. The van der Waals surface area contributed by atoms with Gasteiger partial charge < -0.3 is 15.2 Å². The Bertz CT molecular complexity index is 767. The van der Waals surface area contributed by atoms with E-state index in [0.29, 0.717) is 6.42 Å². The van der Waals surface area contributed by atoms with Gasteiger partial charge in [0.25, 0.3) is 0 Å². The molecule has 0 aliphatic heterocycles. The van der Waals surface area contributed by atoms with Gasteiger partial charge in [0.05, 0.1) is 5.52 Å². The highest BCUT2D eigenvalue weighted by Gasteiger charge is 2.29. The summed E-state index contributed by atoms with van der Waals surface area (Å²) in [4.78, 5) is 28.0. The highest BCUT2D eigenvalue weighted by Crippen LogP contribution is 2.17. The van der Waals surface area contributed by atoms with Gasteiger partial charge in [-0.3, -0.25) is 4.98 Å². The van der Waals surface area contributed by atoms with E-state index < -0.39 is 23.7 Å². The zero-order chi connectivity index (χ0) is 18.6. The number of alkyl carbamates (subject to hydrolysis) is 1. The van der Waals surface area contributed by atoms with Crippen LogP contribution in [0.5, 0.6) is 0 Å². The fourth-order valence-electron chi connectivity index (χ4n) is 2.55. The van der Waals surface area contributed by atoms with Gasteiger partial charge in [-0.25, -0.2) is 9.59 Å². The molecule has 0 radical (unpaired) electrons. The lowest BCUT2D eigenvalue weighted by Crippen LogP contribution is -2.47. The third-order valence-electron chi connectivity index (χ3n) is 3.69. The molecule has 1 heterocycles. The molecule has 0 saturated heterocycles. The van der Waals surface area contributed by atoms with E-state index in [1.165, 1.54) is 0 Å². The molecule has 1 aromatic carbocycles. The van der Waals surface area contributed by atoms with Crippen molar-refractivity contribution in [2.45, 2.75) is 45.8 Å². The zero-order valence-electron chi connectivity index (χ0n) is 14.9. The number of carboxylic acids is 1. The number of aliphatic carboxylic acids is 1. The molecule has 1 aromatic heterocycles. The first kappa shape index (κ1) is 18.7. The molecular formula is C19H24N2O4. The van der Waals surface area contributed by atoms with Gasteiger partial charge in [0.1, 0.15) is 11.6 Å². The summed E-state index contributed by atoms with van der Waals surface area (Å²) in [6.07, 6.45) is -0.310. The van der Waals surface area contributed by atoms with E-state index in [1.54, 1.807) is 27.7 Å². The first-order valence-electron chi connectivity index (χ1n) is 8.23. The van der Waals surface area contributed by atoms with Crippen LogP contribution in [0, 0.1) is 5.92 Å². The lowest BCUT2D eigenvalue weighted by Gasteiger charge is -2.24. The van der Waals surface area contributed by atoms with Crippen LogP contribution in [0.4, 0.5) is 4.79 Å². The second-order valence-electron chi connectivity index (χ2n) is 7.14. The first-order valence-corrected chi connectivity index (χ1v) is 8.23. The molecule has 25 heavy (non-hydrogen) atoms. The number of rotatable bonds is 5. The van der Waals surface area contributed by atoms with Crippen LogP contribution in [0.1, 0.15) is 33.4 Å². The van der Waals surface area contributed by atoms with Crippen molar-refractivity contribution in [1.29, 1.82) is 0 Å². The van der Waals surface area contributed by atoms with Crippen molar-refractivity contribution in [3.63, 3.8) is 0 Å². The second-order valence-corrected chi connectivity index (χ2v) is 7.14. The van der Waals surface area contributed by atoms with Gasteiger partial charge in [0.15, 0.2) is 0 Å². The van der Waals surface area contributed by atoms with Crippen LogP contribution in [0.2, 0.25) is 0 Å². The van der Waals surface area contributed by atoms with Crippen LogP contribution in [-0.2, 0) is 16.0 Å². The smallest absolute Gasteiger partial charge is 0.408 e. The number of para-hydroxylation sites is 1. The van der Waals surface area contributed by atoms with Crippen LogP contribution in [0.15, 0.2) is 36.4 Å². The third-order valence-corrected chi connectivity index (χ3v) is 3.69. The van der Waals surface area contributed by atoms with E-state index in [9.17, 15) is 14.7 Å². The summed E-state index contributed by atoms with van der Waals surface area (Å²) in [7, 11) is 0. The number of carbonyl (C=O) groups is 2. The number of pyridine rings is 1. The number of ether oxygens (including phenoxy) is 1. The maximum absolute atomic E-state index is 11.9. The molecule has 6 heteroatoms. The maximum Gasteiger partial charge on any atom is 0.408 e. The Morgan fingerprint density at radius 2 is 1.88 bits per heavy atom. The van der Waals surface area contributed by atoms with E-state index in [2.05, 4.69) is 10.3 Å². The summed E-state index contributed by atoms with van der Waals surface area (Å²) >= 11 is 0. The lowest BCUT2D eigenvalue weighted by molar-refractivity contribution is -0.140. The molecule has 2 atom stereocenters. The Balaban J connectivity index is 2.09. The molecule has 0 fully saturated rings. The standard InChI is InChI=1S/C19H24N2O4/c1-12(16(17(22)23)21-18(24)25-19(2,3)4)11-14-10-9-13-7-5-6-8-15(13)20-14/h5-10,12,16H,11H2,1-4H3,(H,21,24)(H,22,23). The van der Waals surface area contributed by atoms with Gasteiger partial charge in [-0.2, -0.15) is 0 Å². The number of nitrogens with one attached hydrogen (secondary N) is 1. The number of nitrogens with zero attached hydrogens (tertiary/aromatic N) is 1. The predicted molar refractivity (Wildman–Crippen MR) is 95.4 cm³/mol. The molecule has 2 rings (SSSR count). The Morgan fingerprint density at radius 3 is 2.52 bits per heavy atom. The summed E-state index contributed by atoms with van der Waals surface area (Å²) in [5.41, 5.74) is 0.957. The molecule has 2 unspecified atom stereocenters. The molecular weight excluding hydrogens is 320 g/mol. The van der Waals surface area contributed by atoms with Crippen molar-refractivity contribution in [3.05, 3.63) is 42.1 Å². The van der Waals surface area contributed by atoms with E-state index in [1.807, 2.05) is 36.4 Å². The minimum absolute atomic E-state index is 0.348. The number of amides is 1. The number of benzene rings is 1. The fraction of sp³-hybridized carbons (Fsp3) is 0.421. The van der Waals surface area contributed by atoms with Gasteiger partial charge in [-0.1, -0.05) is 31.2 Å². The summed E-state index contributed by atoms with van der Waals surface area (Å²) in [5.74, 6) is -1.45. The summed E-state index contributed by atoms with van der Waals surface area (Å²) in [5, 5.41) is 12.9. The second kappa shape index (κ2) is 7.51. The van der Waals surface area contributed by atoms with Gasteiger partial charge in [0.2, 0.25) is 0 Å². The number of carboxylic acid groups (broad SMARTS) is 1. The SMILES string of the molecule is CC(Cc1ccc2ccccc2n1)C(NC(=O)OC(C)(C)C)C(=O)O. The Labute approximate surface area is 147 Å². The van der Waals surface area contributed by atoms with E-state index >= 15 is 0 Å². The van der Waals surface area contributed by atoms with Crippen LogP contribution >= 0.6 is 0 Å². The molecule has 6 nitrogen and oxygen atoms in total. The normalized spacial score (nSPS) is 13.9. The first-order chi connectivity index (χ1) is 11.7. The predicted octanol–water partition coefficient (Wildman–Crippen LogP) is 3.39.